The normalized spacial score (nSPS) is 16.3. The van der Waals surface area contributed by atoms with Crippen molar-refractivity contribution in [2.75, 3.05) is 0 Å². The molecule has 0 aliphatic carbocycles. The Bertz CT molecular complexity index is 1110. The first-order chi connectivity index (χ1) is 17.3. The standard InChI is InChI=1S/C32H54O4Si3/c1-29(2,3)37(13,14)33-23-17-19-27-25(21-23)26-22-24(34-38(15,16)30(4,5)6)18-20-28(26)36-39(35-27,31(7,8)9)32(10,11)12/h17-22H,1-16H3. The van der Waals surface area contributed by atoms with Crippen molar-refractivity contribution < 1.29 is 17.7 Å². The summed E-state index contributed by atoms with van der Waals surface area (Å²) in [5.41, 5.74) is 2.01. The average Bonchev–Trinajstić information content (AvgIpc) is 2.86. The quantitative estimate of drug-likeness (QED) is 0.334. The first-order valence-corrected chi connectivity index (χ1v) is 22.0. The van der Waals surface area contributed by atoms with Crippen LogP contribution in [0.1, 0.15) is 83.1 Å². The summed E-state index contributed by atoms with van der Waals surface area (Å²) in [6.45, 7) is 36.3. The van der Waals surface area contributed by atoms with E-state index in [1.807, 2.05) is 0 Å². The van der Waals surface area contributed by atoms with Gasteiger partial charge in [0.25, 0.3) is 0 Å². The summed E-state index contributed by atoms with van der Waals surface area (Å²) >= 11 is 0. The third-order valence-electron chi connectivity index (χ3n) is 9.03. The Hall–Kier alpha value is -1.71. The zero-order valence-electron chi connectivity index (χ0n) is 27.6. The number of rotatable bonds is 4. The monoisotopic (exact) mass is 586 g/mol. The highest BCUT2D eigenvalue weighted by atomic mass is 28.4. The Balaban J connectivity index is 2.28. The summed E-state index contributed by atoms with van der Waals surface area (Å²) in [5, 5.41) is -0.169. The maximum Gasteiger partial charge on any atom is 0.471 e. The highest BCUT2D eigenvalue weighted by molar-refractivity contribution is 6.76. The van der Waals surface area contributed by atoms with Gasteiger partial charge >= 0.3 is 8.56 Å². The van der Waals surface area contributed by atoms with Crippen molar-refractivity contribution in [3.63, 3.8) is 0 Å². The Morgan fingerprint density at radius 1 is 0.538 bits per heavy atom. The molecule has 0 amide bonds. The molecule has 7 heteroatoms. The zero-order valence-corrected chi connectivity index (χ0v) is 30.6. The SMILES string of the molecule is CC(C)(C)[Si](C)(C)Oc1ccc2c(c1)-c1cc(O[Si](C)(C)C(C)(C)C)ccc1O[Si](C(C)(C)C)(C(C)(C)C)O2. The van der Waals surface area contributed by atoms with Gasteiger partial charge in [-0.2, -0.15) is 0 Å². The molecule has 1 heterocycles. The van der Waals surface area contributed by atoms with Crippen LogP contribution in [-0.4, -0.2) is 25.2 Å². The molecule has 2 aromatic rings. The molecule has 1 aliphatic rings. The summed E-state index contributed by atoms with van der Waals surface area (Å²) in [6, 6.07) is 12.6. The minimum Gasteiger partial charge on any atom is -0.543 e. The van der Waals surface area contributed by atoms with Crippen LogP contribution in [0.3, 0.4) is 0 Å². The van der Waals surface area contributed by atoms with Crippen molar-refractivity contribution in [3.8, 4) is 34.1 Å². The second-order valence-electron chi connectivity index (χ2n) is 16.4. The van der Waals surface area contributed by atoms with Crippen molar-refractivity contribution in [1.82, 2.24) is 0 Å². The molecule has 0 spiro atoms. The molecule has 0 saturated carbocycles. The average molecular weight is 587 g/mol. The minimum atomic E-state index is -2.89. The lowest BCUT2D eigenvalue weighted by Crippen LogP contribution is -2.62. The molecule has 0 unspecified atom stereocenters. The molecule has 0 aromatic heterocycles. The van der Waals surface area contributed by atoms with Crippen LogP contribution in [-0.2, 0) is 0 Å². The van der Waals surface area contributed by atoms with Gasteiger partial charge in [-0.3, -0.25) is 0 Å². The summed E-state index contributed by atoms with van der Waals surface area (Å²) in [6.07, 6.45) is 0. The fourth-order valence-electron chi connectivity index (χ4n) is 4.71. The van der Waals surface area contributed by atoms with E-state index >= 15 is 0 Å². The largest absolute Gasteiger partial charge is 0.543 e. The van der Waals surface area contributed by atoms with Crippen LogP contribution >= 0.6 is 0 Å². The Kier molecular flexibility index (Phi) is 7.91. The van der Waals surface area contributed by atoms with Gasteiger partial charge in [0.1, 0.15) is 23.0 Å². The number of hydrogen-bond donors (Lipinski definition) is 0. The van der Waals surface area contributed by atoms with Crippen molar-refractivity contribution in [2.24, 2.45) is 0 Å². The van der Waals surface area contributed by atoms with Gasteiger partial charge in [0.2, 0.25) is 16.6 Å². The smallest absolute Gasteiger partial charge is 0.471 e. The molecule has 2 aromatic carbocycles. The Morgan fingerprint density at radius 3 is 1.10 bits per heavy atom. The second kappa shape index (κ2) is 9.69. The first kappa shape index (κ1) is 31.8. The van der Waals surface area contributed by atoms with E-state index in [9.17, 15) is 0 Å². The van der Waals surface area contributed by atoms with Gasteiger partial charge in [-0.05, 0) is 72.7 Å². The maximum atomic E-state index is 7.14. The second-order valence-corrected chi connectivity index (χ2v) is 30.5. The fraction of sp³-hybridized carbons (Fsp3) is 0.625. The van der Waals surface area contributed by atoms with E-state index in [4.69, 9.17) is 17.7 Å². The van der Waals surface area contributed by atoms with Crippen LogP contribution in [0.5, 0.6) is 23.0 Å². The third-order valence-corrected chi connectivity index (χ3v) is 22.7. The third kappa shape index (κ3) is 6.01. The predicted molar refractivity (Wildman–Crippen MR) is 174 cm³/mol. The number of hydrogen-bond acceptors (Lipinski definition) is 4. The highest BCUT2D eigenvalue weighted by Gasteiger charge is 2.63. The molecule has 4 nitrogen and oxygen atoms in total. The van der Waals surface area contributed by atoms with E-state index in [1.54, 1.807) is 0 Å². The molecule has 3 rings (SSSR count). The van der Waals surface area contributed by atoms with E-state index in [-0.39, 0.29) is 20.2 Å². The van der Waals surface area contributed by atoms with Crippen molar-refractivity contribution in [2.45, 2.75) is 129 Å². The minimum absolute atomic E-state index is 0.0992. The molecule has 1 aliphatic heterocycles. The van der Waals surface area contributed by atoms with Crippen molar-refractivity contribution >= 4 is 25.2 Å². The molecule has 0 N–H and O–H groups in total. The highest BCUT2D eigenvalue weighted by Crippen LogP contribution is 2.57. The molecule has 0 radical (unpaired) electrons. The summed E-state index contributed by atoms with van der Waals surface area (Å²) < 4.78 is 27.8. The Morgan fingerprint density at radius 2 is 0.846 bits per heavy atom. The van der Waals surface area contributed by atoms with Gasteiger partial charge in [-0.1, -0.05) is 83.1 Å². The summed E-state index contributed by atoms with van der Waals surface area (Å²) in [4.78, 5) is 0. The lowest BCUT2D eigenvalue weighted by molar-refractivity contribution is 0.299. The van der Waals surface area contributed by atoms with Crippen LogP contribution in [0.25, 0.3) is 11.1 Å². The summed E-state index contributed by atoms with van der Waals surface area (Å²) in [7, 11) is -6.95. The van der Waals surface area contributed by atoms with Gasteiger partial charge in [0, 0.05) is 21.2 Å². The van der Waals surface area contributed by atoms with E-state index in [2.05, 4.69) is 146 Å². The van der Waals surface area contributed by atoms with Gasteiger partial charge in [-0.15, -0.1) is 0 Å². The number of benzene rings is 2. The van der Waals surface area contributed by atoms with Crippen LogP contribution in [0.15, 0.2) is 36.4 Å². The molecule has 39 heavy (non-hydrogen) atoms. The molecular weight excluding hydrogens is 533 g/mol. The molecular formula is C32H54O4Si3. The van der Waals surface area contributed by atoms with E-state index in [1.165, 1.54) is 0 Å². The summed E-state index contributed by atoms with van der Waals surface area (Å²) in [5.74, 6) is 3.48. The maximum absolute atomic E-state index is 7.14. The number of fused-ring (bicyclic) bond motifs is 3. The zero-order chi connectivity index (χ0) is 30.0. The Labute approximate surface area is 242 Å². The van der Waals surface area contributed by atoms with Crippen LogP contribution in [0.2, 0.25) is 46.3 Å². The predicted octanol–water partition coefficient (Wildman–Crippen LogP) is 10.9. The van der Waals surface area contributed by atoms with E-state index < -0.39 is 25.2 Å². The molecule has 0 fully saturated rings. The van der Waals surface area contributed by atoms with Gasteiger partial charge in [0.15, 0.2) is 0 Å². The van der Waals surface area contributed by atoms with Crippen molar-refractivity contribution in [3.05, 3.63) is 36.4 Å². The van der Waals surface area contributed by atoms with E-state index in [0.29, 0.717) is 0 Å². The van der Waals surface area contributed by atoms with Gasteiger partial charge < -0.3 is 17.7 Å². The van der Waals surface area contributed by atoms with Gasteiger partial charge in [-0.25, -0.2) is 0 Å². The van der Waals surface area contributed by atoms with Crippen LogP contribution < -0.4 is 17.7 Å². The first-order valence-electron chi connectivity index (χ1n) is 14.4. The molecule has 0 atom stereocenters. The molecule has 0 saturated heterocycles. The topological polar surface area (TPSA) is 36.9 Å². The van der Waals surface area contributed by atoms with Gasteiger partial charge in [0.05, 0.1) is 0 Å². The van der Waals surface area contributed by atoms with Crippen LogP contribution in [0, 0.1) is 0 Å². The molecule has 0 bridgehead atoms. The lowest BCUT2D eigenvalue weighted by atomic mass is 10.0. The lowest BCUT2D eigenvalue weighted by Gasteiger charge is -2.47. The van der Waals surface area contributed by atoms with Crippen molar-refractivity contribution in [1.29, 1.82) is 0 Å². The van der Waals surface area contributed by atoms with E-state index in [0.717, 1.165) is 34.1 Å². The molecule has 218 valence electrons. The fourth-order valence-corrected chi connectivity index (χ4v) is 11.2. The van der Waals surface area contributed by atoms with Crippen LogP contribution in [0.4, 0.5) is 0 Å².